The Kier molecular flexibility index (Phi) is 6.26. The van der Waals surface area contributed by atoms with Crippen LogP contribution >= 0.6 is 0 Å². The van der Waals surface area contributed by atoms with Gasteiger partial charge in [0.15, 0.2) is 0 Å². The van der Waals surface area contributed by atoms with Gasteiger partial charge in [-0.15, -0.1) is 0 Å². The zero-order chi connectivity index (χ0) is 19.4. The summed E-state index contributed by atoms with van der Waals surface area (Å²) in [5, 5.41) is 11.5. The number of pyridine rings is 1. The zero-order valence-corrected chi connectivity index (χ0v) is 16.1. The van der Waals surface area contributed by atoms with Crippen molar-refractivity contribution in [1.29, 1.82) is 0 Å². The van der Waals surface area contributed by atoms with Gasteiger partial charge >= 0.3 is 11.7 Å². The number of carbonyl (C=O) groups is 1. The summed E-state index contributed by atoms with van der Waals surface area (Å²) >= 11 is 0. The molecule has 8 heteroatoms. The fourth-order valence-electron chi connectivity index (χ4n) is 4.07. The van der Waals surface area contributed by atoms with E-state index in [0.717, 1.165) is 51.5 Å². The Bertz CT molecular complexity index is 688. The molecule has 1 atom stereocenters. The summed E-state index contributed by atoms with van der Waals surface area (Å²) in [5.41, 5.74) is -0.0331. The fourth-order valence-corrected chi connectivity index (χ4v) is 4.07. The van der Waals surface area contributed by atoms with Crippen LogP contribution in [0.4, 0.5) is 11.5 Å². The third-order valence-electron chi connectivity index (χ3n) is 5.68. The summed E-state index contributed by atoms with van der Waals surface area (Å²) in [6.07, 6.45) is 5.99. The Hall–Kier alpha value is -2.22. The number of methoxy groups -OCH3 is 1. The minimum atomic E-state index is -0.618. The molecule has 3 rings (SSSR count). The highest BCUT2D eigenvalue weighted by molar-refractivity contribution is 5.90. The molecule has 1 unspecified atom stereocenters. The van der Waals surface area contributed by atoms with Gasteiger partial charge in [0.2, 0.25) is 5.82 Å². The molecule has 148 valence electrons. The summed E-state index contributed by atoms with van der Waals surface area (Å²) in [4.78, 5) is 31.5. The highest BCUT2D eigenvalue weighted by atomic mass is 16.6. The van der Waals surface area contributed by atoms with Gasteiger partial charge in [-0.2, -0.15) is 0 Å². The van der Waals surface area contributed by atoms with Crippen LogP contribution in [-0.4, -0.2) is 60.6 Å². The molecule has 27 heavy (non-hydrogen) atoms. The van der Waals surface area contributed by atoms with E-state index < -0.39 is 10.9 Å². The molecule has 0 bridgehead atoms. The lowest BCUT2D eigenvalue weighted by molar-refractivity contribution is -0.384. The maximum Gasteiger partial charge on any atom is 0.339 e. The number of hydrogen-bond acceptors (Lipinski definition) is 7. The number of piperidine rings is 2. The van der Waals surface area contributed by atoms with Crippen molar-refractivity contribution in [3.8, 4) is 0 Å². The minimum absolute atomic E-state index is 0.101. The van der Waals surface area contributed by atoms with Crippen LogP contribution in [0.2, 0.25) is 0 Å². The molecule has 2 fully saturated rings. The standard InChI is InChI=1S/C19H28N4O4/c1-14-5-8-21(9-6-14)12-15-4-3-7-22(13-15)18-17(23(25)26)10-16(11-20-18)19(24)27-2/h10-11,14-15H,3-9,12-13H2,1-2H3. The number of nitrogens with zero attached hydrogens (tertiary/aromatic N) is 4. The maximum atomic E-state index is 11.7. The number of likely N-dealkylation sites (tertiary alicyclic amines) is 1. The van der Waals surface area contributed by atoms with Crippen molar-refractivity contribution in [1.82, 2.24) is 9.88 Å². The highest BCUT2D eigenvalue weighted by Crippen LogP contribution is 2.31. The smallest absolute Gasteiger partial charge is 0.339 e. The Labute approximate surface area is 159 Å². The number of ether oxygens (including phenoxy) is 1. The molecule has 0 radical (unpaired) electrons. The van der Waals surface area contributed by atoms with Crippen LogP contribution in [0.15, 0.2) is 12.3 Å². The van der Waals surface area contributed by atoms with Gasteiger partial charge in [0.05, 0.1) is 17.6 Å². The molecule has 8 nitrogen and oxygen atoms in total. The van der Waals surface area contributed by atoms with Crippen molar-refractivity contribution in [2.75, 3.05) is 44.7 Å². The molecule has 3 heterocycles. The van der Waals surface area contributed by atoms with Crippen LogP contribution in [0.5, 0.6) is 0 Å². The Morgan fingerprint density at radius 3 is 2.74 bits per heavy atom. The van der Waals surface area contributed by atoms with Crippen molar-refractivity contribution in [2.45, 2.75) is 32.6 Å². The average molecular weight is 376 g/mol. The van der Waals surface area contributed by atoms with E-state index in [-0.39, 0.29) is 11.3 Å². The van der Waals surface area contributed by atoms with E-state index in [2.05, 4.69) is 21.5 Å². The molecule has 0 spiro atoms. The molecular weight excluding hydrogens is 348 g/mol. The molecule has 2 saturated heterocycles. The lowest BCUT2D eigenvalue weighted by atomic mass is 9.94. The fraction of sp³-hybridized carbons (Fsp3) is 0.684. The number of aromatic nitrogens is 1. The first-order valence-corrected chi connectivity index (χ1v) is 9.68. The van der Waals surface area contributed by atoms with Crippen molar-refractivity contribution in [2.24, 2.45) is 11.8 Å². The molecule has 2 aliphatic heterocycles. The third-order valence-corrected chi connectivity index (χ3v) is 5.68. The van der Waals surface area contributed by atoms with Gasteiger partial charge in [-0.1, -0.05) is 6.92 Å². The number of carbonyl (C=O) groups excluding carboxylic acids is 1. The van der Waals surface area contributed by atoms with Crippen molar-refractivity contribution < 1.29 is 14.5 Å². The zero-order valence-electron chi connectivity index (χ0n) is 16.1. The molecule has 0 amide bonds. The second-order valence-corrected chi connectivity index (χ2v) is 7.75. The number of esters is 1. The summed E-state index contributed by atoms with van der Waals surface area (Å²) < 4.78 is 4.64. The van der Waals surface area contributed by atoms with Crippen LogP contribution in [0.3, 0.4) is 0 Å². The molecule has 0 N–H and O–H groups in total. The molecular formula is C19H28N4O4. The van der Waals surface area contributed by atoms with Crippen molar-refractivity contribution in [3.05, 3.63) is 27.9 Å². The van der Waals surface area contributed by atoms with Crippen molar-refractivity contribution >= 4 is 17.5 Å². The van der Waals surface area contributed by atoms with Gasteiger partial charge in [-0.3, -0.25) is 10.1 Å². The topological polar surface area (TPSA) is 88.8 Å². The molecule has 0 aromatic carbocycles. The van der Waals surface area contributed by atoms with Gasteiger partial charge in [-0.25, -0.2) is 9.78 Å². The lowest BCUT2D eigenvalue weighted by Crippen LogP contribution is -2.43. The van der Waals surface area contributed by atoms with Gasteiger partial charge in [0.25, 0.3) is 0 Å². The average Bonchev–Trinajstić information content (AvgIpc) is 2.69. The van der Waals surface area contributed by atoms with Crippen LogP contribution in [0, 0.1) is 22.0 Å². The van der Waals surface area contributed by atoms with E-state index >= 15 is 0 Å². The Morgan fingerprint density at radius 2 is 2.07 bits per heavy atom. The van der Waals surface area contributed by atoms with E-state index in [0.29, 0.717) is 11.7 Å². The number of nitro groups is 1. The summed E-state index contributed by atoms with van der Waals surface area (Å²) in [5.74, 6) is 1.02. The Morgan fingerprint density at radius 1 is 1.33 bits per heavy atom. The molecule has 1 aromatic rings. The SMILES string of the molecule is COC(=O)c1cnc(N2CCCC(CN3CCC(C)CC3)C2)c([N+](=O)[O-])c1. The second kappa shape index (κ2) is 8.65. The van der Waals surface area contributed by atoms with Crippen LogP contribution in [0.25, 0.3) is 0 Å². The second-order valence-electron chi connectivity index (χ2n) is 7.75. The monoisotopic (exact) mass is 376 g/mol. The van der Waals surface area contributed by atoms with Crippen molar-refractivity contribution in [3.63, 3.8) is 0 Å². The largest absolute Gasteiger partial charge is 0.465 e. The lowest BCUT2D eigenvalue weighted by Gasteiger charge is -2.38. The van der Waals surface area contributed by atoms with E-state index in [1.165, 1.54) is 32.2 Å². The molecule has 0 aliphatic carbocycles. The van der Waals surface area contributed by atoms with Gasteiger partial charge in [0, 0.05) is 31.9 Å². The first kappa shape index (κ1) is 19.5. The summed E-state index contributed by atoms with van der Waals surface area (Å²) in [6.45, 7) is 7.14. The number of anilines is 1. The third kappa shape index (κ3) is 4.74. The van der Waals surface area contributed by atoms with E-state index in [9.17, 15) is 14.9 Å². The number of hydrogen-bond donors (Lipinski definition) is 0. The first-order chi connectivity index (χ1) is 13.0. The van der Waals surface area contributed by atoms with E-state index in [4.69, 9.17) is 0 Å². The normalized spacial score (nSPS) is 21.9. The van der Waals surface area contributed by atoms with Crippen LogP contribution < -0.4 is 4.90 Å². The van der Waals surface area contributed by atoms with Gasteiger partial charge in [0.1, 0.15) is 0 Å². The Balaban J connectivity index is 1.71. The predicted molar refractivity (Wildman–Crippen MR) is 102 cm³/mol. The quantitative estimate of drug-likeness (QED) is 0.443. The molecule has 0 saturated carbocycles. The maximum absolute atomic E-state index is 11.7. The number of rotatable bonds is 5. The first-order valence-electron chi connectivity index (χ1n) is 9.68. The van der Waals surface area contributed by atoms with E-state index in [1.54, 1.807) is 0 Å². The van der Waals surface area contributed by atoms with E-state index in [1.807, 2.05) is 4.90 Å². The van der Waals surface area contributed by atoms with Crippen LogP contribution in [-0.2, 0) is 4.74 Å². The minimum Gasteiger partial charge on any atom is -0.465 e. The van der Waals surface area contributed by atoms with Gasteiger partial charge < -0.3 is 14.5 Å². The molecule has 1 aromatic heterocycles. The van der Waals surface area contributed by atoms with Gasteiger partial charge in [-0.05, 0) is 50.6 Å². The predicted octanol–water partition coefficient (Wildman–Crippen LogP) is 2.72. The highest BCUT2D eigenvalue weighted by Gasteiger charge is 2.29. The summed E-state index contributed by atoms with van der Waals surface area (Å²) in [7, 11) is 1.25. The summed E-state index contributed by atoms with van der Waals surface area (Å²) in [6, 6.07) is 1.27. The van der Waals surface area contributed by atoms with Crippen LogP contribution in [0.1, 0.15) is 43.0 Å². The molecule has 2 aliphatic rings.